The van der Waals surface area contributed by atoms with Gasteiger partial charge in [-0.2, -0.15) is 0 Å². The van der Waals surface area contributed by atoms with Crippen LogP contribution >= 0.6 is 11.8 Å². The first-order valence-electron chi connectivity index (χ1n) is 10.5. The molecule has 0 bridgehead atoms. The number of hydrogen-bond acceptors (Lipinski definition) is 2. The van der Waals surface area contributed by atoms with Crippen LogP contribution in [0, 0.1) is 0 Å². The van der Waals surface area contributed by atoms with E-state index in [0.717, 1.165) is 22.3 Å². The molecular weight excluding hydrogens is 396 g/mol. The molecule has 0 aromatic heterocycles. The largest absolute Gasteiger partial charge is 0.286 e. The van der Waals surface area contributed by atoms with Crippen LogP contribution in [0.3, 0.4) is 0 Å². The topological polar surface area (TPSA) is 17.1 Å². The minimum absolute atomic E-state index is 0.191. The first-order valence-corrected chi connectivity index (χ1v) is 11.3. The molecule has 1 aliphatic carbocycles. The van der Waals surface area contributed by atoms with E-state index in [2.05, 4.69) is 84.9 Å². The van der Waals surface area contributed by atoms with Crippen LogP contribution in [0.5, 0.6) is 0 Å². The predicted octanol–water partition coefficient (Wildman–Crippen LogP) is 6.67. The molecule has 0 unspecified atom stereocenters. The van der Waals surface area contributed by atoms with E-state index in [1.165, 1.54) is 22.9 Å². The van der Waals surface area contributed by atoms with Gasteiger partial charge in [-0.1, -0.05) is 133 Å². The Morgan fingerprint density at radius 3 is 1.39 bits per heavy atom. The molecule has 0 radical (unpaired) electrons. The highest BCUT2D eigenvalue weighted by Gasteiger charge is 2.71. The van der Waals surface area contributed by atoms with Crippen LogP contribution in [0.15, 0.2) is 109 Å². The molecule has 1 nitrogen and oxygen atoms in total. The summed E-state index contributed by atoms with van der Waals surface area (Å²) in [7, 11) is 0. The molecule has 0 atom stereocenters. The molecular formula is C29H20OS. The van der Waals surface area contributed by atoms with Crippen LogP contribution in [0.1, 0.15) is 33.4 Å². The highest BCUT2D eigenvalue weighted by atomic mass is 32.2. The minimum atomic E-state index is -0.807. The number of thioether (sulfide) groups is 1. The quantitative estimate of drug-likeness (QED) is 0.363. The molecule has 0 N–H and O–H groups in total. The van der Waals surface area contributed by atoms with Crippen LogP contribution in [0.4, 0.5) is 0 Å². The normalized spacial score (nSPS) is 17.4. The van der Waals surface area contributed by atoms with Gasteiger partial charge in [0, 0.05) is 0 Å². The third-order valence-corrected chi connectivity index (χ3v) is 8.16. The van der Waals surface area contributed by atoms with Crippen molar-refractivity contribution in [1.29, 1.82) is 0 Å². The Labute approximate surface area is 186 Å². The molecule has 31 heavy (non-hydrogen) atoms. The summed E-state index contributed by atoms with van der Waals surface area (Å²) >= 11 is 1.47. The minimum Gasteiger partial charge on any atom is -0.286 e. The van der Waals surface area contributed by atoms with Gasteiger partial charge in [0.2, 0.25) is 5.12 Å². The standard InChI is InChI=1S/C29H20OS/c30-27-28(23-13-3-1-4-14-23,24-15-5-2-6-16-24)29(31-27)25-17-9-7-11-21(25)19-20-22-12-8-10-18-26(22)29/h1-20H. The first kappa shape index (κ1) is 18.4. The van der Waals surface area contributed by atoms with Crippen molar-refractivity contribution < 1.29 is 4.79 Å². The monoisotopic (exact) mass is 416 g/mol. The number of fused-ring (bicyclic) bond motifs is 4. The molecule has 4 aromatic carbocycles. The van der Waals surface area contributed by atoms with E-state index >= 15 is 0 Å². The molecule has 2 heteroatoms. The highest BCUT2D eigenvalue weighted by molar-refractivity contribution is 8.17. The second-order valence-electron chi connectivity index (χ2n) is 8.06. The summed E-state index contributed by atoms with van der Waals surface area (Å²) < 4.78 is -0.552. The van der Waals surface area contributed by atoms with Crippen molar-refractivity contribution in [2.24, 2.45) is 0 Å². The van der Waals surface area contributed by atoms with Crippen molar-refractivity contribution in [1.82, 2.24) is 0 Å². The number of hydrogen-bond donors (Lipinski definition) is 0. The lowest BCUT2D eigenvalue weighted by Crippen LogP contribution is -2.62. The van der Waals surface area contributed by atoms with Gasteiger partial charge < -0.3 is 0 Å². The van der Waals surface area contributed by atoms with Gasteiger partial charge in [-0.15, -0.1) is 0 Å². The third kappa shape index (κ3) is 2.31. The van der Waals surface area contributed by atoms with Crippen LogP contribution in [-0.2, 0) is 15.0 Å². The Morgan fingerprint density at radius 1 is 0.516 bits per heavy atom. The van der Waals surface area contributed by atoms with E-state index in [1.807, 2.05) is 36.4 Å². The molecule has 0 saturated carbocycles. The second-order valence-corrected chi connectivity index (χ2v) is 9.25. The second kappa shape index (κ2) is 6.83. The van der Waals surface area contributed by atoms with Gasteiger partial charge in [0.05, 0.1) is 4.75 Å². The van der Waals surface area contributed by atoms with E-state index < -0.39 is 10.2 Å². The van der Waals surface area contributed by atoms with E-state index in [0.29, 0.717) is 0 Å². The predicted molar refractivity (Wildman–Crippen MR) is 129 cm³/mol. The lowest BCUT2D eigenvalue weighted by Gasteiger charge is -2.58. The zero-order valence-electron chi connectivity index (χ0n) is 16.9. The maximum Gasteiger partial charge on any atom is 0.207 e. The summed E-state index contributed by atoms with van der Waals surface area (Å²) in [6.07, 6.45) is 4.38. The lowest BCUT2D eigenvalue weighted by atomic mass is 9.59. The Hall–Kier alpha value is -3.36. The lowest BCUT2D eigenvalue weighted by molar-refractivity contribution is -0.117. The van der Waals surface area contributed by atoms with Crippen molar-refractivity contribution in [3.8, 4) is 0 Å². The van der Waals surface area contributed by atoms with Crippen molar-refractivity contribution in [2.75, 3.05) is 0 Å². The summed E-state index contributed by atoms with van der Waals surface area (Å²) in [4.78, 5) is 13.9. The van der Waals surface area contributed by atoms with Crippen LogP contribution in [0.2, 0.25) is 0 Å². The molecule has 1 aliphatic heterocycles. The van der Waals surface area contributed by atoms with Crippen molar-refractivity contribution in [3.63, 3.8) is 0 Å². The van der Waals surface area contributed by atoms with Gasteiger partial charge in [-0.25, -0.2) is 0 Å². The van der Waals surface area contributed by atoms with E-state index in [4.69, 9.17) is 0 Å². The van der Waals surface area contributed by atoms with Crippen LogP contribution < -0.4 is 0 Å². The number of rotatable bonds is 2. The molecule has 1 saturated heterocycles. The van der Waals surface area contributed by atoms with Crippen LogP contribution in [-0.4, -0.2) is 5.12 Å². The third-order valence-electron chi connectivity index (χ3n) is 6.62. The average molecular weight is 417 g/mol. The zero-order valence-corrected chi connectivity index (χ0v) is 17.7. The Bertz CT molecular complexity index is 1230. The smallest absolute Gasteiger partial charge is 0.207 e. The molecule has 1 fully saturated rings. The fourth-order valence-electron chi connectivity index (χ4n) is 5.34. The Morgan fingerprint density at radius 2 is 0.935 bits per heavy atom. The first-order chi connectivity index (χ1) is 15.3. The van der Waals surface area contributed by atoms with Gasteiger partial charge in [-0.05, 0) is 33.4 Å². The molecule has 1 spiro atoms. The van der Waals surface area contributed by atoms with Gasteiger partial charge in [0.25, 0.3) is 0 Å². The summed E-state index contributed by atoms with van der Waals surface area (Å²) in [5, 5.41) is 0.191. The zero-order chi connectivity index (χ0) is 20.9. The molecule has 148 valence electrons. The average Bonchev–Trinajstić information content (AvgIpc) is 2.97. The maximum absolute atomic E-state index is 13.9. The SMILES string of the molecule is O=C1SC2(c3ccccc3C=Cc3ccccc32)C1(c1ccccc1)c1ccccc1. The summed E-state index contributed by atoms with van der Waals surface area (Å²) in [6.45, 7) is 0. The number of carbonyl (C=O) groups excluding carboxylic acids is 1. The van der Waals surface area contributed by atoms with Crippen molar-refractivity contribution >= 4 is 29.0 Å². The number of carbonyl (C=O) groups is 1. The fraction of sp³-hybridized carbons (Fsp3) is 0.0690. The van der Waals surface area contributed by atoms with Crippen molar-refractivity contribution in [3.05, 3.63) is 143 Å². The summed E-state index contributed by atoms with van der Waals surface area (Å²) in [6, 6.07) is 37.6. The van der Waals surface area contributed by atoms with Gasteiger partial charge in [0.15, 0.2) is 0 Å². The number of benzene rings is 4. The molecule has 4 aromatic rings. The van der Waals surface area contributed by atoms with Crippen LogP contribution in [0.25, 0.3) is 12.2 Å². The van der Waals surface area contributed by atoms with E-state index in [-0.39, 0.29) is 5.12 Å². The van der Waals surface area contributed by atoms with Gasteiger partial charge >= 0.3 is 0 Å². The van der Waals surface area contributed by atoms with E-state index in [9.17, 15) is 4.79 Å². The fourth-order valence-corrected chi connectivity index (χ4v) is 7.08. The Balaban J connectivity index is 1.80. The highest BCUT2D eigenvalue weighted by Crippen LogP contribution is 2.70. The summed E-state index contributed by atoms with van der Waals surface area (Å²) in [5.41, 5.74) is 5.97. The summed E-state index contributed by atoms with van der Waals surface area (Å²) in [5.74, 6) is 0. The maximum atomic E-state index is 13.9. The molecule has 6 rings (SSSR count). The molecule has 0 amide bonds. The van der Waals surface area contributed by atoms with E-state index in [1.54, 1.807) is 0 Å². The van der Waals surface area contributed by atoms with Crippen molar-refractivity contribution in [2.45, 2.75) is 10.2 Å². The van der Waals surface area contributed by atoms with Gasteiger partial charge in [-0.3, -0.25) is 4.79 Å². The molecule has 1 heterocycles. The molecule has 2 aliphatic rings. The van der Waals surface area contributed by atoms with Gasteiger partial charge in [0.1, 0.15) is 5.41 Å². The Kier molecular flexibility index (Phi) is 4.06.